The van der Waals surface area contributed by atoms with E-state index in [0.717, 1.165) is 6.07 Å². The minimum Gasteiger partial charge on any atom is -0.435 e. The number of alkyl halides is 2. The summed E-state index contributed by atoms with van der Waals surface area (Å²) in [6, 6.07) is 7.87. The van der Waals surface area contributed by atoms with Crippen molar-refractivity contribution in [3.8, 4) is 17.0 Å². The van der Waals surface area contributed by atoms with Gasteiger partial charge < -0.3 is 24.8 Å². The lowest BCUT2D eigenvalue weighted by Gasteiger charge is -2.27. The Kier molecular flexibility index (Phi) is 7.27. The van der Waals surface area contributed by atoms with Gasteiger partial charge in [-0.1, -0.05) is 11.6 Å². The lowest BCUT2D eigenvalue weighted by atomic mass is 10.1. The van der Waals surface area contributed by atoms with Gasteiger partial charge in [-0.3, -0.25) is 9.59 Å². The van der Waals surface area contributed by atoms with Crippen molar-refractivity contribution >= 4 is 29.1 Å². The number of piperazine rings is 1. The average Bonchev–Trinajstić information content (AvgIpc) is 3.20. The van der Waals surface area contributed by atoms with Gasteiger partial charge in [0.1, 0.15) is 11.6 Å². The van der Waals surface area contributed by atoms with Crippen LogP contribution < -0.4 is 15.4 Å². The fourth-order valence-corrected chi connectivity index (χ4v) is 4.00. The van der Waals surface area contributed by atoms with E-state index in [4.69, 9.17) is 11.6 Å². The largest absolute Gasteiger partial charge is 0.435 e. The Labute approximate surface area is 203 Å². The highest BCUT2D eigenvalue weighted by atomic mass is 35.5. The van der Waals surface area contributed by atoms with Crippen molar-refractivity contribution in [2.24, 2.45) is 7.05 Å². The number of aromatic nitrogens is 2. The van der Waals surface area contributed by atoms with Gasteiger partial charge in [-0.2, -0.15) is 8.78 Å². The molecule has 184 valence electrons. The maximum atomic E-state index is 14.5. The third kappa shape index (κ3) is 5.41. The molecule has 0 spiro atoms. The zero-order chi connectivity index (χ0) is 25.1. The topological polar surface area (TPSA) is 88.5 Å². The molecule has 4 rings (SSSR count). The van der Waals surface area contributed by atoms with Crippen molar-refractivity contribution in [1.82, 2.24) is 19.8 Å². The molecule has 35 heavy (non-hydrogen) atoms. The number of rotatable bonds is 6. The molecule has 0 unspecified atom stereocenters. The number of nitrogens with one attached hydrogen (secondary N) is 2. The summed E-state index contributed by atoms with van der Waals surface area (Å²) in [6.07, 6.45) is 1.29. The van der Waals surface area contributed by atoms with Crippen molar-refractivity contribution in [2.75, 3.05) is 31.5 Å². The molecular weight excluding hydrogens is 487 g/mol. The predicted octanol–water partition coefficient (Wildman–Crippen LogP) is 3.78. The highest BCUT2D eigenvalue weighted by molar-refractivity contribution is 6.34. The molecule has 12 heteroatoms. The molecule has 0 atom stereocenters. The van der Waals surface area contributed by atoms with E-state index in [1.807, 2.05) is 0 Å². The van der Waals surface area contributed by atoms with Gasteiger partial charge in [0.15, 0.2) is 5.82 Å². The number of hydrogen-bond acceptors (Lipinski definition) is 5. The van der Waals surface area contributed by atoms with E-state index in [0.29, 0.717) is 37.4 Å². The Balaban J connectivity index is 1.49. The van der Waals surface area contributed by atoms with Crippen LogP contribution in [0.3, 0.4) is 0 Å². The van der Waals surface area contributed by atoms with Crippen LogP contribution in [-0.2, 0) is 7.05 Å². The molecule has 8 nitrogen and oxygen atoms in total. The Morgan fingerprint density at radius 3 is 2.57 bits per heavy atom. The van der Waals surface area contributed by atoms with E-state index in [-0.39, 0.29) is 33.8 Å². The average molecular weight is 508 g/mol. The second-order valence-corrected chi connectivity index (χ2v) is 8.14. The molecule has 1 saturated heterocycles. The van der Waals surface area contributed by atoms with Gasteiger partial charge in [-0.25, -0.2) is 9.37 Å². The monoisotopic (exact) mass is 507 g/mol. The maximum absolute atomic E-state index is 14.5. The second-order valence-electron chi connectivity index (χ2n) is 7.74. The standard InChI is InChI=1S/C23H21ClF3N5O3/c1-31-19(16-5-3-14(11-18(16)25)35-23(26)27)12-29-20(31)21(33)30-13-2-4-15(17(24)10-13)22(34)32-8-6-28-7-9-32/h2-5,10-12,23,28H,6-9H2,1H3,(H,30,33). The number of benzene rings is 2. The number of carbonyl (C=O) groups excluding carboxylic acids is 2. The highest BCUT2D eigenvalue weighted by Gasteiger charge is 2.22. The van der Waals surface area contributed by atoms with Crippen LogP contribution in [0.15, 0.2) is 42.6 Å². The van der Waals surface area contributed by atoms with Crippen molar-refractivity contribution in [3.05, 3.63) is 64.8 Å². The van der Waals surface area contributed by atoms with Gasteiger partial charge in [0.25, 0.3) is 11.8 Å². The molecule has 2 N–H and O–H groups in total. The summed E-state index contributed by atoms with van der Waals surface area (Å²) >= 11 is 6.32. The Bertz CT molecular complexity index is 1260. The number of halogens is 4. The third-order valence-electron chi connectivity index (χ3n) is 5.49. The van der Waals surface area contributed by atoms with Crippen LogP contribution in [-0.4, -0.2) is 59.1 Å². The summed E-state index contributed by atoms with van der Waals surface area (Å²) in [5.41, 5.74) is 0.993. The zero-order valence-electron chi connectivity index (χ0n) is 18.5. The van der Waals surface area contributed by atoms with Crippen LogP contribution in [0.2, 0.25) is 5.02 Å². The molecule has 2 heterocycles. The second kappa shape index (κ2) is 10.4. The van der Waals surface area contributed by atoms with Crippen LogP contribution in [0, 0.1) is 5.82 Å². The van der Waals surface area contributed by atoms with Crippen molar-refractivity contribution in [3.63, 3.8) is 0 Å². The van der Waals surface area contributed by atoms with Gasteiger partial charge in [0, 0.05) is 50.5 Å². The number of amides is 2. The molecule has 1 aliphatic rings. The zero-order valence-corrected chi connectivity index (χ0v) is 19.3. The fraction of sp³-hybridized carbons (Fsp3) is 0.261. The molecule has 0 radical (unpaired) electrons. The number of ether oxygens (including phenoxy) is 1. The summed E-state index contributed by atoms with van der Waals surface area (Å²) < 4.78 is 44.8. The van der Waals surface area contributed by atoms with Gasteiger partial charge in [-0.05, 0) is 30.3 Å². The highest BCUT2D eigenvalue weighted by Crippen LogP contribution is 2.28. The Morgan fingerprint density at radius 1 is 1.17 bits per heavy atom. The van der Waals surface area contributed by atoms with E-state index in [2.05, 4.69) is 20.4 Å². The van der Waals surface area contributed by atoms with Crippen LogP contribution >= 0.6 is 11.6 Å². The molecule has 1 fully saturated rings. The lowest BCUT2D eigenvalue weighted by Crippen LogP contribution is -2.46. The normalized spacial score (nSPS) is 13.7. The SMILES string of the molecule is Cn1c(-c2ccc(OC(F)F)cc2F)cnc1C(=O)Nc1ccc(C(=O)N2CCNCC2)c(Cl)c1. The van der Waals surface area contributed by atoms with Gasteiger partial charge >= 0.3 is 6.61 Å². The number of hydrogen-bond donors (Lipinski definition) is 2. The summed E-state index contributed by atoms with van der Waals surface area (Å²) in [5.74, 6) is -1.93. The van der Waals surface area contributed by atoms with E-state index >= 15 is 0 Å². The van der Waals surface area contributed by atoms with E-state index < -0.39 is 18.3 Å². The van der Waals surface area contributed by atoms with Gasteiger partial charge in [0.05, 0.1) is 22.5 Å². The van der Waals surface area contributed by atoms with Gasteiger partial charge in [0.2, 0.25) is 0 Å². The minimum absolute atomic E-state index is 0.0237. The number of carbonyl (C=O) groups is 2. The van der Waals surface area contributed by atoms with E-state index in [1.165, 1.54) is 36.0 Å². The predicted molar refractivity (Wildman–Crippen MR) is 123 cm³/mol. The number of anilines is 1. The molecule has 3 aromatic rings. The molecule has 0 aliphatic carbocycles. The first-order chi connectivity index (χ1) is 16.7. The molecule has 0 bridgehead atoms. The van der Waals surface area contributed by atoms with E-state index in [1.54, 1.807) is 17.0 Å². The van der Waals surface area contributed by atoms with Crippen LogP contribution in [0.1, 0.15) is 21.0 Å². The van der Waals surface area contributed by atoms with Crippen molar-refractivity contribution < 1.29 is 27.5 Å². The van der Waals surface area contributed by atoms with E-state index in [9.17, 15) is 22.8 Å². The van der Waals surface area contributed by atoms with Crippen LogP contribution in [0.4, 0.5) is 18.9 Å². The molecule has 2 aromatic carbocycles. The summed E-state index contributed by atoms with van der Waals surface area (Å²) in [4.78, 5) is 31.3. The Morgan fingerprint density at radius 2 is 1.91 bits per heavy atom. The quantitative estimate of drug-likeness (QED) is 0.530. The lowest BCUT2D eigenvalue weighted by molar-refractivity contribution is -0.0499. The summed E-state index contributed by atoms with van der Waals surface area (Å²) in [5, 5.41) is 6.03. The maximum Gasteiger partial charge on any atom is 0.387 e. The number of imidazole rings is 1. The van der Waals surface area contributed by atoms with Crippen LogP contribution in [0.5, 0.6) is 5.75 Å². The fourth-order valence-electron chi connectivity index (χ4n) is 3.74. The van der Waals surface area contributed by atoms with Crippen LogP contribution in [0.25, 0.3) is 11.3 Å². The first kappa shape index (κ1) is 24.6. The molecular formula is C23H21ClF3N5O3. The third-order valence-corrected chi connectivity index (χ3v) is 5.81. The summed E-state index contributed by atoms with van der Waals surface area (Å²) in [7, 11) is 1.52. The molecule has 2 amide bonds. The number of nitrogens with zero attached hydrogens (tertiary/aromatic N) is 3. The smallest absolute Gasteiger partial charge is 0.387 e. The van der Waals surface area contributed by atoms with Gasteiger partial charge in [-0.15, -0.1) is 0 Å². The summed E-state index contributed by atoms with van der Waals surface area (Å²) in [6.45, 7) is -0.494. The first-order valence-corrected chi connectivity index (χ1v) is 11.0. The molecule has 1 aromatic heterocycles. The van der Waals surface area contributed by atoms with Crippen molar-refractivity contribution in [1.29, 1.82) is 0 Å². The first-order valence-electron chi connectivity index (χ1n) is 10.6. The minimum atomic E-state index is -3.07. The van der Waals surface area contributed by atoms with Crippen molar-refractivity contribution in [2.45, 2.75) is 6.61 Å². The molecule has 0 saturated carbocycles. The molecule has 1 aliphatic heterocycles. The Hall–Kier alpha value is -3.57.